The molecule has 1 N–H and O–H groups in total. The second-order valence-electron chi connectivity index (χ2n) is 7.19. The van der Waals surface area contributed by atoms with E-state index < -0.39 is 12.0 Å². The number of hydrogen-bond acceptors (Lipinski definition) is 4. The van der Waals surface area contributed by atoms with Gasteiger partial charge >= 0.3 is 6.09 Å². The molecule has 2 aromatic heterocycles. The lowest BCUT2D eigenvalue weighted by atomic mass is 10.1. The Hall–Kier alpha value is -3.40. The number of aromatic nitrogens is 2. The summed E-state index contributed by atoms with van der Waals surface area (Å²) in [6.45, 7) is 2.75. The van der Waals surface area contributed by atoms with Crippen LogP contribution in [0.3, 0.4) is 0 Å². The average molecular weight is 392 g/mol. The van der Waals surface area contributed by atoms with Crippen LogP contribution in [0, 0.1) is 17.3 Å². The Morgan fingerprint density at radius 2 is 2.24 bits per heavy atom. The van der Waals surface area contributed by atoms with Crippen LogP contribution in [0.2, 0.25) is 0 Å². The molecule has 3 aromatic rings. The Morgan fingerprint density at radius 1 is 1.38 bits per heavy atom. The molecule has 148 valence electrons. The van der Waals surface area contributed by atoms with E-state index >= 15 is 0 Å². The van der Waals surface area contributed by atoms with Gasteiger partial charge in [0, 0.05) is 29.1 Å². The molecule has 0 saturated heterocycles. The van der Waals surface area contributed by atoms with Crippen LogP contribution in [0.1, 0.15) is 35.9 Å². The molecule has 0 aliphatic heterocycles. The smallest absolute Gasteiger partial charge is 0.407 e. The number of fused-ring (bicyclic) bond motifs is 3. The third-order valence-electron chi connectivity index (χ3n) is 5.16. The van der Waals surface area contributed by atoms with Gasteiger partial charge in [0.05, 0.1) is 30.5 Å². The number of alkyl carbamates (subject to hydrolysis) is 1. The fraction of sp³-hybridized carbons (Fsp3) is 0.318. The number of nitrogens with zero attached hydrogens (tertiary/aromatic N) is 3. The van der Waals surface area contributed by atoms with Crippen molar-refractivity contribution in [3.05, 3.63) is 64.9 Å². The highest BCUT2D eigenvalue weighted by Gasteiger charge is 2.30. The summed E-state index contributed by atoms with van der Waals surface area (Å²) in [6.07, 6.45) is 1.65. The number of nitriles is 1. The minimum atomic E-state index is -0.513. The van der Waals surface area contributed by atoms with Gasteiger partial charge in [-0.25, -0.2) is 9.78 Å². The zero-order valence-electron chi connectivity index (χ0n) is 16.1. The van der Waals surface area contributed by atoms with E-state index in [4.69, 9.17) is 4.74 Å². The van der Waals surface area contributed by atoms with E-state index in [0.717, 1.165) is 28.6 Å². The van der Waals surface area contributed by atoms with Crippen molar-refractivity contribution < 1.29 is 13.9 Å². The summed E-state index contributed by atoms with van der Waals surface area (Å²) in [6, 6.07) is 12.4. The number of benzene rings is 1. The van der Waals surface area contributed by atoms with E-state index in [1.807, 2.05) is 19.1 Å². The predicted molar refractivity (Wildman–Crippen MR) is 106 cm³/mol. The number of carbonyl (C=O) groups is 1. The Balaban J connectivity index is 1.68. The first kappa shape index (κ1) is 18.9. The van der Waals surface area contributed by atoms with Crippen LogP contribution in [-0.2, 0) is 24.1 Å². The van der Waals surface area contributed by atoms with Crippen LogP contribution in [0.15, 0.2) is 36.4 Å². The highest BCUT2D eigenvalue weighted by atomic mass is 19.1. The molecule has 2 heterocycles. The van der Waals surface area contributed by atoms with Gasteiger partial charge in [-0.3, -0.25) is 0 Å². The van der Waals surface area contributed by atoms with E-state index in [1.54, 1.807) is 18.2 Å². The molecule has 0 fully saturated rings. The Kier molecular flexibility index (Phi) is 5.17. The molecular weight excluding hydrogens is 371 g/mol. The zero-order valence-corrected chi connectivity index (χ0v) is 16.1. The summed E-state index contributed by atoms with van der Waals surface area (Å²) in [4.78, 5) is 16.0. The van der Waals surface area contributed by atoms with Gasteiger partial charge < -0.3 is 14.6 Å². The number of halogens is 1. The summed E-state index contributed by atoms with van der Waals surface area (Å²) in [5.41, 5.74) is 4.36. The molecule has 29 heavy (non-hydrogen) atoms. The molecule has 4 rings (SSSR count). The number of ether oxygens (including phenoxy) is 1. The number of pyridine rings is 1. The van der Waals surface area contributed by atoms with Crippen molar-refractivity contribution >= 4 is 17.0 Å². The summed E-state index contributed by atoms with van der Waals surface area (Å²) < 4.78 is 20.8. The number of nitrogens with one attached hydrogen (secondary N) is 1. The Labute approximate surface area is 167 Å². The molecule has 6 nitrogen and oxygen atoms in total. The van der Waals surface area contributed by atoms with Crippen LogP contribution < -0.4 is 5.32 Å². The third kappa shape index (κ3) is 3.79. The van der Waals surface area contributed by atoms with Crippen LogP contribution in [0.5, 0.6) is 0 Å². The lowest BCUT2D eigenvalue weighted by Crippen LogP contribution is -2.36. The fourth-order valence-electron chi connectivity index (χ4n) is 3.95. The molecule has 1 aliphatic rings. The second-order valence-corrected chi connectivity index (χ2v) is 7.19. The fourth-order valence-corrected chi connectivity index (χ4v) is 3.95. The van der Waals surface area contributed by atoms with Gasteiger partial charge in [0.2, 0.25) is 5.95 Å². The molecule has 7 heteroatoms. The van der Waals surface area contributed by atoms with Gasteiger partial charge in [-0.05, 0) is 48.7 Å². The van der Waals surface area contributed by atoms with Crippen molar-refractivity contribution in [3.63, 3.8) is 0 Å². The monoisotopic (exact) mass is 392 g/mol. The summed E-state index contributed by atoms with van der Waals surface area (Å²) in [5, 5.41) is 13.2. The van der Waals surface area contributed by atoms with Crippen molar-refractivity contribution in [2.45, 2.75) is 38.8 Å². The number of amides is 1. The molecule has 0 spiro atoms. The van der Waals surface area contributed by atoms with Crippen molar-refractivity contribution in [2.75, 3.05) is 6.61 Å². The first-order valence-electron chi connectivity index (χ1n) is 9.68. The molecule has 0 radical (unpaired) electrons. The maximum atomic E-state index is 13.6. The summed E-state index contributed by atoms with van der Waals surface area (Å²) in [7, 11) is 0. The highest BCUT2D eigenvalue weighted by Crippen LogP contribution is 2.34. The van der Waals surface area contributed by atoms with Crippen molar-refractivity contribution in [2.24, 2.45) is 0 Å². The molecule has 0 saturated carbocycles. The van der Waals surface area contributed by atoms with Crippen molar-refractivity contribution in [1.82, 2.24) is 14.9 Å². The van der Waals surface area contributed by atoms with Gasteiger partial charge in [-0.1, -0.05) is 13.0 Å². The van der Waals surface area contributed by atoms with Crippen molar-refractivity contribution in [3.8, 4) is 6.07 Å². The third-order valence-corrected chi connectivity index (χ3v) is 5.16. The average Bonchev–Trinajstić information content (AvgIpc) is 3.24. The van der Waals surface area contributed by atoms with E-state index in [9.17, 15) is 14.4 Å². The SMILES string of the molecule is CCCOC(=O)NC1Cc2c(n(Cc3cccc(F)n3)c3ccc(C#N)cc23)C1. The first-order valence-corrected chi connectivity index (χ1v) is 9.68. The largest absolute Gasteiger partial charge is 0.450 e. The normalized spacial score (nSPS) is 15.1. The van der Waals surface area contributed by atoms with Gasteiger partial charge in [-0.2, -0.15) is 9.65 Å². The zero-order chi connectivity index (χ0) is 20.4. The Morgan fingerprint density at radius 3 is 3.00 bits per heavy atom. The molecule has 1 amide bonds. The summed E-state index contributed by atoms with van der Waals surface area (Å²) in [5.74, 6) is -0.513. The van der Waals surface area contributed by atoms with Gasteiger partial charge in [0.15, 0.2) is 0 Å². The van der Waals surface area contributed by atoms with E-state index in [1.165, 1.54) is 6.07 Å². The van der Waals surface area contributed by atoms with Crippen LogP contribution in [-0.4, -0.2) is 28.3 Å². The lowest BCUT2D eigenvalue weighted by molar-refractivity contribution is 0.142. The maximum Gasteiger partial charge on any atom is 0.407 e. The van der Waals surface area contributed by atoms with Gasteiger partial charge in [-0.15, -0.1) is 0 Å². The molecule has 1 aliphatic carbocycles. The highest BCUT2D eigenvalue weighted by molar-refractivity contribution is 5.88. The summed E-state index contributed by atoms with van der Waals surface area (Å²) >= 11 is 0. The lowest BCUT2D eigenvalue weighted by Gasteiger charge is -2.14. The molecule has 1 unspecified atom stereocenters. The number of hydrogen-bond donors (Lipinski definition) is 1. The standard InChI is InChI=1S/C22H21FN4O2/c1-2-8-29-22(28)26-16-10-18-17-9-14(12-24)6-7-19(17)27(20(18)11-16)13-15-4-3-5-21(23)25-15/h3-7,9,16H,2,8,10-11,13H2,1H3,(H,26,28). The van der Waals surface area contributed by atoms with Gasteiger partial charge in [0.25, 0.3) is 0 Å². The van der Waals surface area contributed by atoms with E-state index in [0.29, 0.717) is 37.3 Å². The minimum Gasteiger partial charge on any atom is -0.450 e. The van der Waals surface area contributed by atoms with Crippen molar-refractivity contribution in [1.29, 1.82) is 5.26 Å². The first-order chi connectivity index (χ1) is 14.1. The predicted octanol–water partition coefficient (Wildman–Crippen LogP) is 3.70. The minimum absolute atomic E-state index is 0.0776. The quantitative estimate of drug-likeness (QED) is 0.672. The number of rotatable bonds is 5. The van der Waals surface area contributed by atoms with E-state index in [2.05, 4.69) is 20.9 Å². The molecule has 1 atom stereocenters. The molecular formula is C22H21FN4O2. The van der Waals surface area contributed by atoms with Gasteiger partial charge in [0.1, 0.15) is 0 Å². The van der Waals surface area contributed by atoms with Crippen LogP contribution in [0.25, 0.3) is 10.9 Å². The Bertz CT molecular complexity index is 1120. The van der Waals surface area contributed by atoms with Crippen LogP contribution >= 0.6 is 0 Å². The maximum absolute atomic E-state index is 13.6. The molecule has 0 bridgehead atoms. The second kappa shape index (κ2) is 7.92. The van der Waals surface area contributed by atoms with E-state index in [-0.39, 0.29) is 6.04 Å². The van der Waals surface area contributed by atoms with Crippen LogP contribution in [0.4, 0.5) is 9.18 Å². The molecule has 1 aromatic carbocycles. The number of carbonyl (C=O) groups excluding carboxylic acids is 1. The topological polar surface area (TPSA) is 79.9 Å².